The van der Waals surface area contributed by atoms with E-state index < -0.39 is 6.10 Å². The van der Waals surface area contributed by atoms with Gasteiger partial charge in [0.05, 0.1) is 11.4 Å². The summed E-state index contributed by atoms with van der Waals surface area (Å²) in [6.07, 6.45) is 2.72. The lowest BCUT2D eigenvalue weighted by Gasteiger charge is -2.13. The molecule has 84 valence electrons. The summed E-state index contributed by atoms with van der Waals surface area (Å²) in [7, 11) is 1.81. The van der Waals surface area contributed by atoms with Crippen LogP contribution in [0.3, 0.4) is 0 Å². The molecule has 0 aromatic carbocycles. The molecule has 2 heterocycles. The SMILES string of the molecule is Cc1cnc(C(O)c2ccnn2C)c(C)c1. The Morgan fingerprint density at radius 2 is 2.12 bits per heavy atom. The Balaban J connectivity index is 2.41. The third kappa shape index (κ3) is 1.84. The summed E-state index contributed by atoms with van der Waals surface area (Å²) in [6, 6.07) is 3.81. The van der Waals surface area contributed by atoms with Crippen LogP contribution in [-0.2, 0) is 7.05 Å². The van der Waals surface area contributed by atoms with Crippen molar-refractivity contribution >= 4 is 0 Å². The lowest BCUT2D eigenvalue weighted by atomic mass is 10.1. The lowest BCUT2D eigenvalue weighted by Crippen LogP contribution is -2.09. The van der Waals surface area contributed by atoms with Crippen molar-refractivity contribution in [2.45, 2.75) is 20.0 Å². The van der Waals surface area contributed by atoms with Crippen molar-refractivity contribution in [2.24, 2.45) is 7.05 Å². The van der Waals surface area contributed by atoms with E-state index in [0.29, 0.717) is 5.69 Å². The summed E-state index contributed by atoms with van der Waals surface area (Å²) in [5, 5.41) is 14.2. The van der Waals surface area contributed by atoms with Crippen molar-refractivity contribution in [3.63, 3.8) is 0 Å². The minimum absolute atomic E-state index is 0.689. The Morgan fingerprint density at radius 1 is 1.38 bits per heavy atom. The molecule has 2 aromatic heterocycles. The Labute approximate surface area is 94.6 Å². The summed E-state index contributed by atoms with van der Waals surface area (Å²) in [5.41, 5.74) is 3.53. The van der Waals surface area contributed by atoms with E-state index in [4.69, 9.17) is 0 Å². The molecule has 0 amide bonds. The Morgan fingerprint density at radius 3 is 2.69 bits per heavy atom. The normalized spacial score (nSPS) is 12.8. The highest BCUT2D eigenvalue weighted by Gasteiger charge is 2.17. The maximum absolute atomic E-state index is 10.2. The molecule has 4 nitrogen and oxygen atoms in total. The van der Waals surface area contributed by atoms with Gasteiger partial charge in [-0.1, -0.05) is 6.07 Å². The van der Waals surface area contributed by atoms with Crippen LogP contribution in [0.2, 0.25) is 0 Å². The molecule has 0 spiro atoms. The van der Waals surface area contributed by atoms with Crippen molar-refractivity contribution in [3.8, 4) is 0 Å². The quantitative estimate of drug-likeness (QED) is 0.829. The second kappa shape index (κ2) is 4.06. The van der Waals surface area contributed by atoms with Gasteiger partial charge in [0.25, 0.3) is 0 Å². The van der Waals surface area contributed by atoms with Gasteiger partial charge in [-0.2, -0.15) is 5.10 Å². The van der Waals surface area contributed by atoms with Gasteiger partial charge in [0.15, 0.2) is 0 Å². The summed E-state index contributed by atoms with van der Waals surface area (Å²) < 4.78 is 1.66. The van der Waals surface area contributed by atoms with E-state index in [2.05, 4.69) is 10.1 Å². The molecule has 0 aliphatic heterocycles. The summed E-state index contributed by atoms with van der Waals surface area (Å²) in [4.78, 5) is 4.28. The predicted octanol–water partition coefficient (Wildman–Crippen LogP) is 1.51. The summed E-state index contributed by atoms with van der Waals surface area (Å²) >= 11 is 0. The molecule has 2 aromatic rings. The zero-order valence-electron chi connectivity index (χ0n) is 9.68. The minimum Gasteiger partial charge on any atom is -0.380 e. The highest BCUT2D eigenvalue weighted by molar-refractivity contribution is 5.29. The number of rotatable bonds is 2. The molecule has 1 unspecified atom stereocenters. The Hall–Kier alpha value is -1.68. The van der Waals surface area contributed by atoms with E-state index in [1.165, 1.54) is 0 Å². The highest BCUT2D eigenvalue weighted by atomic mass is 16.3. The smallest absolute Gasteiger partial charge is 0.138 e. The molecule has 1 atom stereocenters. The third-order valence-corrected chi connectivity index (χ3v) is 2.65. The van der Waals surface area contributed by atoms with Gasteiger partial charge >= 0.3 is 0 Å². The Kier molecular flexibility index (Phi) is 2.75. The first-order valence-corrected chi connectivity index (χ1v) is 5.18. The molecule has 16 heavy (non-hydrogen) atoms. The zero-order valence-corrected chi connectivity index (χ0v) is 9.68. The van der Waals surface area contributed by atoms with Gasteiger partial charge in [0.1, 0.15) is 6.10 Å². The molecule has 0 fully saturated rings. The van der Waals surface area contributed by atoms with Gasteiger partial charge in [-0.05, 0) is 31.0 Å². The fraction of sp³-hybridized carbons (Fsp3) is 0.333. The molecule has 2 rings (SSSR count). The third-order valence-electron chi connectivity index (χ3n) is 2.65. The molecule has 0 bridgehead atoms. The van der Waals surface area contributed by atoms with Gasteiger partial charge in [-0.15, -0.1) is 0 Å². The fourth-order valence-electron chi connectivity index (χ4n) is 1.80. The standard InChI is InChI=1S/C12H15N3O/c1-8-6-9(2)11(13-7-8)12(16)10-4-5-14-15(10)3/h4-7,12,16H,1-3H3. The minimum atomic E-state index is -0.715. The van der Waals surface area contributed by atoms with Crippen LogP contribution in [0.1, 0.15) is 28.6 Å². The van der Waals surface area contributed by atoms with Crippen LogP contribution in [0.25, 0.3) is 0 Å². The number of aliphatic hydroxyl groups excluding tert-OH is 1. The number of nitrogens with zero attached hydrogens (tertiary/aromatic N) is 3. The van der Waals surface area contributed by atoms with Gasteiger partial charge in [-0.3, -0.25) is 9.67 Å². The molecule has 0 saturated heterocycles. The highest BCUT2D eigenvalue weighted by Crippen LogP contribution is 2.22. The van der Waals surface area contributed by atoms with Crippen LogP contribution in [0, 0.1) is 13.8 Å². The van der Waals surface area contributed by atoms with Crippen LogP contribution < -0.4 is 0 Å². The molecular weight excluding hydrogens is 202 g/mol. The predicted molar refractivity (Wildman–Crippen MR) is 61.0 cm³/mol. The van der Waals surface area contributed by atoms with E-state index in [1.54, 1.807) is 23.1 Å². The van der Waals surface area contributed by atoms with Crippen LogP contribution in [0.5, 0.6) is 0 Å². The van der Waals surface area contributed by atoms with Crippen LogP contribution >= 0.6 is 0 Å². The van der Waals surface area contributed by atoms with Crippen molar-refractivity contribution in [1.29, 1.82) is 0 Å². The largest absolute Gasteiger partial charge is 0.380 e. The maximum atomic E-state index is 10.2. The monoisotopic (exact) mass is 217 g/mol. The molecule has 0 saturated carbocycles. The van der Waals surface area contributed by atoms with Crippen molar-refractivity contribution in [1.82, 2.24) is 14.8 Å². The first-order chi connectivity index (χ1) is 7.59. The molecular formula is C12H15N3O. The summed E-state index contributed by atoms with van der Waals surface area (Å²) in [5.74, 6) is 0. The van der Waals surface area contributed by atoms with Gasteiger partial charge in [0, 0.05) is 19.4 Å². The maximum Gasteiger partial charge on any atom is 0.138 e. The molecule has 1 N–H and O–H groups in total. The van der Waals surface area contributed by atoms with Crippen molar-refractivity contribution in [3.05, 3.63) is 47.0 Å². The first kappa shape index (κ1) is 10.8. The Bertz CT molecular complexity index is 505. The molecule has 0 aliphatic carbocycles. The second-order valence-electron chi connectivity index (χ2n) is 4.00. The molecule has 0 aliphatic rings. The van der Waals surface area contributed by atoms with Gasteiger partial charge in [0.2, 0.25) is 0 Å². The number of aliphatic hydroxyl groups is 1. The number of pyridine rings is 1. The van der Waals surface area contributed by atoms with Crippen molar-refractivity contribution in [2.75, 3.05) is 0 Å². The van der Waals surface area contributed by atoms with E-state index in [1.807, 2.05) is 27.0 Å². The zero-order chi connectivity index (χ0) is 11.7. The van der Waals surface area contributed by atoms with Gasteiger partial charge < -0.3 is 5.11 Å². The molecule has 0 radical (unpaired) electrons. The van der Waals surface area contributed by atoms with Crippen LogP contribution in [0.4, 0.5) is 0 Å². The fourth-order valence-corrected chi connectivity index (χ4v) is 1.80. The number of hydrogen-bond acceptors (Lipinski definition) is 3. The first-order valence-electron chi connectivity index (χ1n) is 5.18. The van der Waals surface area contributed by atoms with Crippen molar-refractivity contribution < 1.29 is 5.11 Å². The van der Waals surface area contributed by atoms with E-state index in [-0.39, 0.29) is 0 Å². The lowest BCUT2D eigenvalue weighted by molar-refractivity contribution is 0.204. The van der Waals surface area contributed by atoms with Crippen LogP contribution in [-0.4, -0.2) is 19.9 Å². The second-order valence-corrected chi connectivity index (χ2v) is 4.00. The topological polar surface area (TPSA) is 50.9 Å². The number of aromatic nitrogens is 3. The molecule has 4 heteroatoms. The summed E-state index contributed by atoms with van der Waals surface area (Å²) in [6.45, 7) is 3.94. The van der Waals surface area contributed by atoms with Crippen LogP contribution in [0.15, 0.2) is 24.5 Å². The number of hydrogen-bond donors (Lipinski definition) is 1. The van der Waals surface area contributed by atoms with Gasteiger partial charge in [-0.25, -0.2) is 0 Å². The average Bonchev–Trinajstić information content (AvgIpc) is 2.63. The van der Waals surface area contributed by atoms with E-state index in [9.17, 15) is 5.11 Å². The van der Waals surface area contributed by atoms with E-state index >= 15 is 0 Å². The number of aryl methyl sites for hydroxylation is 3. The van der Waals surface area contributed by atoms with E-state index in [0.717, 1.165) is 16.8 Å². The average molecular weight is 217 g/mol.